The van der Waals surface area contributed by atoms with Crippen LogP contribution in [-0.2, 0) is 9.59 Å². The second kappa shape index (κ2) is 4.29. The molecule has 1 heterocycles. The van der Waals surface area contributed by atoms with Gasteiger partial charge in [-0.3, -0.25) is 9.59 Å². The van der Waals surface area contributed by atoms with Gasteiger partial charge in [-0.15, -0.1) is 0 Å². The minimum absolute atomic E-state index is 0.00942. The van der Waals surface area contributed by atoms with Crippen LogP contribution in [-0.4, -0.2) is 41.4 Å². The van der Waals surface area contributed by atoms with Crippen molar-refractivity contribution in [2.75, 3.05) is 13.1 Å². The van der Waals surface area contributed by atoms with Gasteiger partial charge in [0, 0.05) is 25.0 Å². The van der Waals surface area contributed by atoms with Crippen molar-refractivity contribution >= 4 is 11.8 Å². The fourth-order valence-electron chi connectivity index (χ4n) is 2.75. The molecule has 2 rings (SSSR count). The van der Waals surface area contributed by atoms with Gasteiger partial charge < -0.3 is 16.0 Å². The second-order valence-corrected chi connectivity index (χ2v) is 5.57. The van der Waals surface area contributed by atoms with Crippen molar-refractivity contribution in [3.63, 3.8) is 0 Å². The van der Waals surface area contributed by atoms with Crippen molar-refractivity contribution in [3.05, 3.63) is 0 Å². The lowest BCUT2D eigenvalue weighted by molar-refractivity contribution is -0.151. The Morgan fingerprint density at radius 2 is 2.18 bits per heavy atom. The summed E-state index contributed by atoms with van der Waals surface area (Å²) in [5.41, 5.74) is 5.10. The van der Waals surface area contributed by atoms with Gasteiger partial charge in [0.1, 0.15) is 5.54 Å². The van der Waals surface area contributed by atoms with Gasteiger partial charge in [0.25, 0.3) is 0 Å². The van der Waals surface area contributed by atoms with Crippen molar-refractivity contribution in [1.82, 2.24) is 10.2 Å². The molecule has 2 fully saturated rings. The maximum Gasteiger partial charge on any atom is 0.245 e. The largest absolute Gasteiger partial charge is 0.352 e. The Hall–Kier alpha value is -1.10. The van der Waals surface area contributed by atoms with Crippen LogP contribution >= 0.6 is 0 Å². The molecule has 1 aliphatic carbocycles. The molecule has 5 heteroatoms. The monoisotopic (exact) mass is 239 g/mol. The van der Waals surface area contributed by atoms with Crippen LogP contribution in [0.2, 0.25) is 0 Å². The van der Waals surface area contributed by atoms with Crippen molar-refractivity contribution in [1.29, 1.82) is 0 Å². The van der Waals surface area contributed by atoms with E-state index in [0.29, 0.717) is 13.1 Å². The maximum absolute atomic E-state index is 12.4. The predicted molar refractivity (Wildman–Crippen MR) is 64.1 cm³/mol. The zero-order valence-corrected chi connectivity index (χ0v) is 10.5. The lowest BCUT2D eigenvalue weighted by atomic mass is 9.95. The number of nitrogens with two attached hydrogens (primary N) is 1. The van der Waals surface area contributed by atoms with Gasteiger partial charge in [0.05, 0.1) is 0 Å². The van der Waals surface area contributed by atoms with E-state index < -0.39 is 5.54 Å². The summed E-state index contributed by atoms with van der Waals surface area (Å²) in [4.78, 5) is 25.9. The Kier molecular flexibility index (Phi) is 3.12. The van der Waals surface area contributed by atoms with E-state index in [-0.39, 0.29) is 23.8 Å². The normalized spacial score (nSPS) is 32.4. The van der Waals surface area contributed by atoms with Crippen molar-refractivity contribution in [2.24, 2.45) is 11.7 Å². The first-order valence-electron chi connectivity index (χ1n) is 6.28. The Labute approximate surface area is 102 Å². The number of piperazine rings is 1. The van der Waals surface area contributed by atoms with Crippen LogP contribution in [0.3, 0.4) is 0 Å². The Bertz CT molecular complexity index is 341. The molecule has 0 aromatic rings. The number of nitrogens with one attached hydrogen (secondary N) is 1. The molecule has 2 amide bonds. The zero-order chi connectivity index (χ0) is 12.6. The average Bonchev–Trinajstić information content (AvgIpc) is 2.68. The van der Waals surface area contributed by atoms with Gasteiger partial charge in [-0.1, -0.05) is 0 Å². The maximum atomic E-state index is 12.4. The summed E-state index contributed by atoms with van der Waals surface area (Å²) in [6.07, 6.45) is 2.53. The van der Waals surface area contributed by atoms with Crippen LogP contribution in [0.4, 0.5) is 0 Å². The molecule has 0 aromatic carbocycles. The lowest BCUT2D eigenvalue weighted by Gasteiger charge is -2.42. The molecule has 3 N–H and O–H groups in total. The third kappa shape index (κ3) is 2.16. The number of carbonyl (C=O) groups is 2. The fraction of sp³-hybridized carbons (Fsp3) is 0.833. The van der Waals surface area contributed by atoms with Crippen LogP contribution in [0.5, 0.6) is 0 Å². The standard InChI is InChI=1S/C12H21N3O2/c1-12(2)11(17)14-5-6-15(12)10(16)8-3-4-9(13)7-8/h8-9H,3-7,13H2,1-2H3,(H,14,17)/t8-,9+/m1/s1. The molecule has 17 heavy (non-hydrogen) atoms. The van der Waals surface area contributed by atoms with Crippen LogP contribution in [0.25, 0.3) is 0 Å². The van der Waals surface area contributed by atoms with E-state index in [9.17, 15) is 9.59 Å². The van der Waals surface area contributed by atoms with Gasteiger partial charge in [-0.2, -0.15) is 0 Å². The number of nitrogens with zero attached hydrogens (tertiary/aromatic N) is 1. The molecular formula is C12H21N3O2. The second-order valence-electron chi connectivity index (χ2n) is 5.57. The molecule has 0 radical (unpaired) electrons. The van der Waals surface area contributed by atoms with Gasteiger partial charge in [0.2, 0.25) is 11.8 Å². The smallest absolute Gasteiger partial charge is 0.245 e. The summed E-state index contributed by atoms with van der Waals surface area (Å²) in [7, 11) is 0. The molecule has 96 valence electrons. The van der Waals surface area contributed by atoms with Crippen molar-refractivity contribution in [2.45, 2.75) is 44.7 Å². The van der Waals surface area contributed by atoms with Crippen molar-refractivity contribution < 1.29 is 9.59 Å². The molecule has 0 aromatic heterocycles. The Morgan fingerprint density at radius 1 is 1.47 bits per heavy atom. The first-order valence-corrected chi connectivity index (χ1v) is 6.28. The highest BCUT2D eigenvalue weighted by Crippen LogP contribution is 2.29. The quantitative estimate of drug-likeness (QED) is 0.668. The number of rotatable bonds is 1. The van der Waals surface area contributed by atoms with E-state index in [4.69, 9.17) is 5.73 Å². The zero-order valence-electron chi connectivity index (χ0n) is 10.5. The molecule has 0 spiro atoms. The number of amides is 2. The molecule has 1 aliphatic heterocycles. The van der Waals surface area contributed by atoms with E-state index in [1.54, 1.807) is 18.7 Å². The van der Waals surface area contributed by atoms with Gasteiger partial charge in [-0.05, 0) is 33.1 Å². The SMILES string of the molecule is CC1(C)C(=O)NCCN1C(=O)[C@@H]1CC[C@H](N)C1. The van der Waals surface area contributed by atoms with Crippen LogP contribution in [0.1, 0.15) is 33.1 Å². The summed E-state index contributed by atoms with van der Waals surface area (Å²) >= 11 is 0. The number of hydrogen-bond donors (Lipinski definition) is 2. The van der Waals surface area contributed by atoms with E-state index in [0.717, 1.165) is 19.3 Å². The minimum Gasteiger partial charge on any atom is -0.352 e. The van der Waals surface area contributed by atoms with Crippen LogP contribution in [0.15, 0.2) is 0 Å². The number of hydrogen-bond acceptors (Lipinski definition) is 3. The highest BCUT2D eigenvalue weighted by atomic mass is 16.2. The Morgan fingerprint density at radius 3 is 2.76 bits per heavy atom. The topological polar surface area (TPSA) is 75.4 Å². The summed E-state index contributed by atoms with van der Waals surface area (Å²) in [5, 5.41) is 2.80. The molecule has 0 unspecified atom stereocenters. The highest BCUT2D eigenvalue weighted by Gasteiger charge is 2.43. The lowest BCUT2D eigenvalue weighted by Crippen LogP contribution is -2.64. The van der Waals surface area contributed by atoms with E-state index in [2.05, 4.69) is 5.32 Å². The molecular weight excluding hydrogens is 218 g/mol. The van der Waals surface area contributed by atoms with Crippen molar-refractivity contribution in [3.8, 4) is 0 Å². The first-order chi connectivity index (χ1) is 7.93. The van der Waals surface area contributed by atoms with Gasteiger partial charge >= 0.3 is 0 Å². The molecule has 1 saturated carbocycles. The van der Waals surface area contributed by atoms with E-state index >= 15 is 0 Å². The van der Waals surface area contributed by atoms with E-state index in [1.165, 1.54) is 0 Å². The molecule has 2 aliphatic rings. The fourth-order valence-corrected chi connectivity index (χ4v) is 2.75. The summed E-state index contributed by atoms with van der Waals surface area (Å²) in [6.45, 7) is 4.75. The van der Waals surface area contributed by atoms with Crippen LogP contribution in [0, 0.1) is 5.92 Å². The number of carbonyl (C=O) groups excluding carboxylic acids is 2. The predicted octanol–water partition coefficient (Wildman–Crippen LogP) is -0.149. The summed E-state index contributed by atoms with van der Waals surface area (Å²) < 4.78 is 0. The average molecular weight is 239 g/mol. The summed E-state index contributed by atoms with van der Waals surface area (Å²) in [5.74, 6) is 0.0346. The third-order valence-corrected chi connectivity index (χ3v) is 3.94. The molecule has 5 nitrogen and oxygen atoms in total. The highest BCUT2D eigenvalue weighted by molar-refractivity contribution is 5.92. The van der Waals surface area contributed by atoms with E-state index in [1.807, 2.05) is 0 Å². The third-order valence-electron chi connectivity index (χ3n) is 3.94. The van der Waals surface area contributed by atoms with Gasteiger partial charge in [0.15, 0.2) is 0 Å². The first kappa shape index (κ1) is 12.4. The molecule has 0 bridgehead atoms. The van der Waals surface area contributed by atoms with Crippen LogP contribution < -0.4 is 11.1 Å². The Balaban J connectivity index is 2.10. The molecule has 2 atom stereocenters. The summed E-state index contributed by atoms with van der Waals surface area (Å²) in [6, 6.07) is 0.144. The minimum atomic E-state index is -0.734. The van der Waals surface area contributed by atoms with Gasteiger partial charge in [-0.25, -0.2) is 0 Å². The molecule has 1 saturated heterocycles.